The third kappa shape index (κ3) is 1.96. The van der Waals surface area contributed by atoms with E-state index in [9.17, 15) is 4.79 Å². The third-order valence-corrected chi connectivity index (χ3v) is 2.96. The Morgan fingerprint density at radius 3 is 2.69 bits per heavy atom. The summed E-state index contributed by atoms with van der Waals surface area (Å²) in [5, 5.41) is 2.99. The van der Waals surface area contributed by atoms with Crippen LogP contribution >= 0.6 is 0 Å². The van der Waals surface area contributed by atoms with Gasteiger partial charge in [-0.05, 0) is 31.0 Å². The van der Waals surface area contributed by atoms with E-state index in [1.165, 1.54) is 0 Å². The number of nitrogen functional groups attached to an aromatic ring is 1. The van der Waals surface area contributed by atoms with Crippen LogP contribution in [0.25, 0.3) is 0 Å². The summed E-state index contributed by atoms with van der Waals surface area (Å²) in [5.41, 5.74) is 7.95. The van der Waals surface area contributed by atoms with Crippen molar-refractivity contribution in [3.63, 3.8) is 0 Å². The predicted molar refractivity (Wildman–Crippen MR) is 65.5 cm³/mol. The van der Waals surface area contributed by atoms with Crippen molar-refractivity contribution in [3.8, 4) is 0 Å². The topological polar surface area (TPSA) is 58.4 Å². The highest BCUT2D eigenvalue weighted by molar-refractivity contribution is 5.96. The number of carbonyl (C=O) groups is 1. The molecule has 2 rings (SSSR count). The van der Waals surface area contributed by atoms with Crippen LogP contribution in [0.4, 0.5) is 11.4 Å². The standard InChI is InChI=1S/C12H17N3O/c1-14-11-8-9(4-5-10(11)13)12(16)15-6-2-3-7-15/h4-5,8,14H,2-3,6-7,13H2,1H3. The number of amides is 1. The summed E-state index contributed by atoms with van der Waals surface area (Å²) >= 11 is 0. The second-order valence-electron chi connectivity index (χ2n) is 4.05. The quantitative estimate of drug-likeness (QED) is 0.742. The van der Waals surface area contributed by atoms with Gasteiger partial charge < -0.3 is 16.0 Å². The maximum absolute atomic E-state index is 12.1. The van der Waals surface area contributed by atoms with Gasteiger partial charge in [-0.2, -0.15) is 0 Å². The number of likely N-dealkylation sites (tertiary alicyclic amines) is 1. The van der Waals surface area contributed by atoms with Gasteiger partial charge in [0.25, 0.3) is 5.91 Å². The van der Waals surface area contributed by atoms with Gasteiger partial charge in [0.1, 0.15) is 0 Å². The van der Waals surface area contributed by atoms with E-state index in [0.717, 1.165) is 31.6 Å². The van der Waals surface area contributed by atoms with Crippen LogP contribution in [0.1, 0.15) is 23.2 Å². The van der Waals surface area contributed by atoms with Crippen molar-refractivity contribution in [3.05, 3.63) is 23.8 Å². The molecule has 1 fully saturated rings. The summed E-state index contributed by atoms with van der Waals surface area (Å²) in [5.74, 6) is 0.106. The zero-order valence-corrected chi connectivity index (χ0v) is 9.49. The lowest BCUT2D eigenvalue weighted by molar-refractivity contribution is 0.0793. The molecular formula is C12H17N3O. The molecule has 4 nitrogen and oxygen atoms in total. The van der Waals surface area contributed by atoms with E-state index in [1.807, 2.05) is 11.0 Å². The van der Waals surface area contributed by atoms with Crippen molar-refractivity contribution in [2.45, 2.75) is 12.8 Å². The van der Waals surface area contributed by atoms with Gasteiger partial charge in [-0.25, -0.2) is 0 Å². The lowest BCUT2D eigenvalue weighted by Crippen LogP contribution is -2.27. The zero-order chi connectivity index (χ0) is 11.5. The largest absolute Gasteiger partial charge is 0.397 e. The highest BCUT2D eigenvalue weighted by Crippen LogP contribution is 2.21. The number of benzene rings is 1. The smallest absolute Gasteiger partial charge is 0.253 e. The minimum atomic E-state index is 0.106. The Hall–Kier alpha value is -1.71. The Morgan fingerprint density at radius 2 is 2.06 bits per heavy atom. The van der Waals surface area contributed by atoms with Crippen LogP contribution in [0.3, 0.4) is 0 Å². The van der Waals surface area contributed by atoms with E-state index in [-0.39, 0.29) is 5.91 Å². The molecule has 0 atom stereocenters. The molecule has 86 valence electrons. The zero-order valence-electron chi connectivity index (χ0n) is 9.49. The van der Waals surface area contributed by atoms with Crippen LogP contribution in [0.5, 0.6) is 0 Å². The van der Waals surface area contributed by atoms with E-state index in [4.69, 9.17) is 5.73 Å². The fourth-order valence-electron chi connectivity index (χ4n) is 2.01. The Bertz CT molecular complexity index is 397. The monoisotopic (exact) mass is 219 g/mol. The van der Waals surface area contributed by atoms with Gasteiger partial charge >= 0.3 is 0 Å². The van der Waals surface area contributed by atoms with E-state index in [2.05, 4.69) is 5.32 Å². The number of rotatable bonds is 2. The maximum atomic E-state index is 12.1. The van der Waals surface area contributed by atoms with Crippen LogP contribution in [-0.2, 0) is 0 Å². The second kappa shape index (κ2) is 4.43. The van der Waals surface area contributed by atoms with E-state index < -0.39 is 0 Å². The molecule has 4 heteroatoms. The number of hydrogen-bond donors (Lipinski definition) is 2. The van der Waals surface area contributed by atoms with Gasteiger partial charge in [-0.1, -0.05) is 0 Å². The van der Waals surface area contributed by atoms with Crippen LogP contribution in [0.2, 0.25) is 0 Å². The summed E-state index contributed by atoms with van der Waals surface area (Å²) in [6, 6.07) is 5.38. The first-order valence-corrected chi connectivity index (χ1v) is 5.59. The molecule has 0 saturated carbocycles. The number of nitrogens with one attached hydrogen (secondary N) is 1. The second-order valence-corrected chi connectivity index (χ2v) is 4.05. The lowest BCUT2D eigenvalue weighted by Gasteiger charge is -2.16. The molecule has 0 bridgehead atoms. The minimum Gasteiger partial charge on any atom is -0.397 e. The molecular weight excluding hydrogens is 202 g/mol. The van der Waals surface area contributed by atoms with Gasteiger partial charge in [0, 0.05) is 25.7 Å². The Morgan fingerprint density at radius 1 is 1.38 bits per heavy atom. The molecule has 1 aliphatic heterocycles. The molecule has 16 heavy (non-hydrogen) atoms. The molecule has 1 amide bonds. The highest BCUT2D eigenvalue weighted by atomic mass is 16.2. The van der Waals surface area contributed by atoms with Gasteiger partial charge in [-0.3, -0.25) is 4.79 Å². The molecule has 1 aliphatic rings. The minimum absolute atomic E-state index is 0.106. The number of nitrogens with two attached hydrogens (primary N) is 1. The van der Waals surface area contributed by atoms with Gasteiger partial charge in [0.05, 0.1) is 11.4 Å². The molecule has 0 aliphatic carbocycles. The van der Waals surface area contributed by atoms with Crippen molar-refractivity contribution in [2.24, 2.45) is 0 Å². The van der Waals surface area contributed by atoms with Gasteiger partial charge in [0.15, 0.2) is 0 Å². The summed E-state index contributed by atoms with van der Waals surface area (Å²) in [6.45, 7) is 1.75. The average molecular weight is 219 g/mol. The number of hydrogen-bond acceptors (Lipinski definition) is 3. The molecule has 1 aromatic rings. The van der Waals surface area contributed by atoms with E-state index >= 15 is 0 Å². The van der Waals surface area contributed by atoms with E-state index in [0.29, 0.717) is 11.3 Å². The molecule has 0 aromatic heterocycles. The first kappa shape index (κ1) is 10.8. The van der Waals surface area contributed by atoms with Crippen LogP contribution in [-0.4, -0.2) is 30.9 Å². The van der Waals surface area contributed by atoms with Crippen LogP contribution in [0.15, 0.2) is 18.2 Å². The molecule has 1 saturated heterocycles. The van der Waals surface area contributed by atoms with Crippen LogP contribution in [0, 0.1) is 0 Å². The van der Waals surface area contributed by atoms with Crippen molar-refractivity contribution >= 4 is 17.3 Å². The number of nitrogens with zero attached hydrogens (tertiary/aromatic N) is 1. The van der Waals surface area contributed by atoms with Gasteiger partial charge in [0.2, 0.25) is 0 Å². The summed E-state index contributed by atoms with van der Waals surface area (Å²) in [4.78, 5) is 14.0. The van der Waals surface area contributed by atoms with Crippen LogP contribution < -0.4 is 11.1 Å². The van der Waals surface area contributed by atoms with Gasteiger partial charge in [-0.15, -0.1) is 0 Å². The Kier molecular flexibility index (Phi) is 2.99. The fraction of sp³-hybridized carbons (Fsp3) is 0.417. The molecule has 0 radical (unpaired) electrons. The number of carbonyl (C=O) groups excluding carboxylic acids is 1. The molecule has 0 unspecified atom stereocenters. The van der Waals surface area contributed by atoms with Crippen molar-refractivity contribution in [2.75, 3.05) is 31.2 Å². The Labute approximate surface area is 95.4 Å². The Balaban J connectivity index is 2.22. The maximum Gasteiger partial charge on any atom is 0.253 e. The first-order chi connectivity index (χ1) is 7.72. The SMILES string of the molecule is CNc1cc(C(=O)N2CCCC2)ccc1N. The fourth-order valence-corrected chi connectivity index (χ4v) is 2.01. The van der Waals surface area contributed by atoms with Crippen molar-refractivity contribution in [1.29, 1.82) is 0 Å². The average Bonchev–Trinajstić information content (AvgIpc) is 2.82. The highest BCUT2D eigenvalue weighted by Gasteiger charge is 2.19. The number of anilines is 2. The lowest BCUT2D eigenvalue weighted by atomic mass is 10.1. The first-order valence-electron chi connectivity index (χ1n) is 5.59. The summed E-state index contributed by atoms with van der Waals surface area (Å²) in [7, 11) is 1.80. The molecule has 0 spiro atoms. The predicted octanol–water partition coefficient (Wildman–Crippen LogP) is 1.55. The molecule has 3 N–H and O–H groups in total. The summed E-state index contributed by atoms with van der Waals surface area (Å²) < 4.78 is 0. The molecule has 1 heterocycles. The third-order valence-electron chi connectivity index (χ3n) is 2.96. The van der Waals surface area contributed by atoms with Crippen molar-refractivity contribution < 1.29 is 4.79 Å². The molecule has 1 aromatic carbocycles. The summed E-state index contributed by atoms with van der Waals surface area (Å²) in [6.07, 6.45) is 2.22. The van der Waals surface area contributed by atoms with E-state index in [1.54, 1.807) is 19.2 Å². The normalized spacial score (nSPS) is 15.2. The van der Waals surface area contributed by atoms with Crippen molar-refractivity contribution in [1.82, 2.24) is 4.90 Å².